The van der Waals surface area contributed by atoms with Crippen molar-refractivity contribution in [2.24, 2.45) is 0 Å². The minimum atomic E-state index is -1.42. The maximum Gasteiger partial charge on any atom is 0.375 e. The number of furan rings is 1. The molecule has 0 saturated heterocycles. The molecular weight excluding hydrogens is 230 g/mol. The molecule has 94 valence electrons. The van der Waals surface area contributed by atoms with Crippen molar-refractivity contribution in [2.45, 2.75) is 0 Å². The van der Waals surface area contributed by atoms with Gasteiger partial charge in [0.1, 0.15) is 0 Å². The number of hydrogen-bond donors (Lipinski definition) is 2. The van der Waals surface area contributed by atoms with Gasteiger partial charge in [-0.3, -0.25) is 4.79 Å². The van der Waals surface area contributed by atoms with E-state index >= 15 is 0 Å². The molecule has 17 heavy (non-hydrogen) atoms. The van der Waals surface area contributed by atoms with Gasteiger partial charge in [0.05, 0.1) is 13.7 Å². The summed E-state index contributed by atoms with van der Waals surface area (Å²) in [5, 5.41) is 18.4. The maximum absolute atomic E-state index is 11.6. The van der Waals surface area contributed by atoms with E-state index in [1.165, 1.54) is 7.11 Å². The Balaban J connectivity index is 3.18. The van der Waals surface area contributed by atoms with E-state index in [1.54, 1.807) is 19.0 Å². The van der Waals surface area contributed by atoms with Crippen LogP contribution in [0.25, 0.3) is 0 Å². The largest absolute Gasteiger partial charge is 0.501 e. The third kappa shape index (κ3) is 2.56. The first-order valence-corrected chi connectivity index (χ1v) is 4.69. The number of aromatic hydroxyl groups is 1. The lowest BCUT2D eigenvalue weighted by Crippen LogP contribution is -2.21. The van der Waals surface area contributed by atoms with Crippen molar-refractivity contribution >= 4 is 11.8 Å². The number of nitrogens with zero attached hydrogens (tertiary/aromatic N) is 1. The molecule has 0 atom stereocenters. The molecule has 0 fully saturated rings. The van der Waals surface area contributed by atoms with Gasteiger partial charge in [-0.2, -0.15) is 0 Å². The molecule has 0 unspecified atom stereocenters. The molecule has 1 aromatic rings. The lowest BCUT2D eigenvalue weighted by molar-refractivity contribution is 0.0655. The number of carboxylic acid groups (broad SMARTS) is 1. The number of ketones is 1. The van der Waals surface area contributed by atoms with E-state index in [0.717, 1.165) is 0 Å². The number of ether oxygens (including phenoxy) is 1. The molecule has 2 N–H and O–H groups in total. The standard InChI is InChI=1S/C10H13NO6/c1-11(2)4-5(12)7-6(13)8(16-3)9(17-7)10(14)15/h13H,4H2,1-3H3,(H,14,15). The zero-order chi connectivity index (χ0) is 13.2. The summed E-state index contributed by atoms with van der Waals surface area (Å²) < 4.78 is 9.49. The van der Waals surface area contributed by atoms with E-state index in [4.69, 9.17) is 9.52 Å². The van der Waals surface area contributed by atoms with E-state index in [1.807, 2.05) is 0 Å². The number of likely N-dealkylation sites (N-methyl/N-ethyl adjacent to an activating group) is 1. The molecule has 0 spiro atoms. The van der Waals surface area contributed by atoms with Crippen LogP contribution < -0.4 is 4.74 Å². The monoisotopic (exact) mass is 243 g/mol. The fraction of sp³-hybridized carbons (Fsp3) is 0.400. The van der Waals surface area contributed by atoms with E-state index in [2.05, 4.69) is 4.74 Å². The molecule has 0 aliphatic carbocycles. The summed E-state index contributed by atoms with van der Waals surface area (Å²) >= 11 is 0. The first-order valence-electron chi connectivity index (χ1n) is 4.69. The number of carboxylic acids is 1. The molecule has 0 aromatic carbocycles. The Kier molecular flexibility index (Phi) is 3.74. The molecule has 0 saturated carbocycles. The van der Waals surface area contributed by atoms with Crippen LogP contribution in [0.4, 0.5) is 0 Å². The summed E-state index contributed by atoms with van der Waals surface area (Å²) in [5.74, 6) is -3.88. The minimum absolute atomic E-state index is 0.0106. The van der Waals surface area contributed by atoms with Gasteiger partial charge in [-0.05, 0) is 14.1 Å². The van der Waals surface area contributed by atoms with Gasteiger partial charge in [0.15, 0.2) is 0 Å². The lowest BCUT2D eigenvalue weighted by Gasteiger charge is -2.06. The lowest BCUT2D eigenvalue weighted by atomic mass is 10.2. The number of Topliss-reactive ketones (excluding diaryl/α,β-unsaturated/α-hetero) is 1. The van der Waals surface area contributed by atoms with Crippen LogP contribution in [0.15, 0.2) is 4.42 Å². The number of carbonyl (C=O) groups is 2. The number of carbonyl (C=O) groups excluding carboxylic acids is 1. The van der Waals surface area contributed by atoms with Crippen LogP contribution in [0.1, 0.15) is 21.1 Å². The second-order valence-corrected chi connectivity index (χ2v) is 3.61. The fourth-order valence-corrected chi connectivity index (χ4v) is 1.29. The van der Waals surface area contributed by atoms with Gasteiger partial charge in [-0.15, -0.1) is 0 Å². The summed E-state index contributed by atoms with van der Waals surface area (Å²) in [6, 6.07) is 0. The van der Waals surface area contributed by atoms with Gasteiger partial charge in [0.2, 0.25) is 23.0 Å². The van der Waals surface area contributed by atoms with Crippen LogP contribution >= 0.6 is 0 Å². The molecule has 7 heteroatoms. The number of aromatic carboxylic acids is 1. The highest BCUT2D eigenvalue weighted by atomic mass is 16.5. The summed E-state index contributed by atoms with van der Waals surface area (Å²) in [6.07, 6.45) is 0. The Morgan fingerprint density at radius 2 is 1.94 bits per heavy atom. The quantitative estimate of drug-likeness (QED) is 0.723. The van der Waals surface area contributed by atoms with Gasteiger partial charge >= 0.3 is 5.97 Å². The number of hydrogen-bond acceptors (Lipinski definition) is 6. The second kappa shape index (κ2) is 4.88. The van der Waals surface area contributed by atoms with E-state index in [-0.39, 0.29) is 12.3 Å². The van der Waals surface area contributed by atoms with Crippen LogP contribution in [0.5, 0.6) is 11.5 Å². The molecule has 1 rings (SSSR count). The summed E-state index contributed by atoms with van der Waals surface area (Å²) in [6.45, 7) is -0.0106. The number of methoxy groups -OCH3 is 1. The Morgan fingerprint density at radius 1 is 1.35 bits per heavy atom. The van der Waals surface area contributed by atoms with Crippen molar-refractivity contribution in [2.75, 3.05) is 27.7 Å². The third-order valence-corrected chi connectivity index (χ3v) is 1.95. The Labute approximate surface area is 97.2 Å². The van der Waals surface area contributed by atoms with Gasteiger partial charge in [0, 0.05) is 0 Å². The van der Waals surface area contributed by atoms with Crippen molar-refractivity contribution in [3.8, 4) is 11.5 Å². The second-order valence-electron chi connectivity index (χ2n) is 3.61. The Hall–Kier alpha value is -2.02. The molecule has 0 aliphatic heterocycles. The molecule has 0 bridgehead atoms. The summed E-state index contributed by atoms with van der Waals surface area (Å²) in [5.41, 5.74) is 0. The predicted octanol–water partition coefficient (Wildman–Crippen LogP) is 0.436. The first-order chi connectivity index (χ1) is 7.88. The number of rotatable bonds is 5. The van der Waals surface area contributed by atoms with Crippen LogP contribution in [0.2, 0.25) is 0 Å². The molecule has 0 aliphatic rings. The van der Waals surface area contributed by atoms with Crippen molar-refractivity contribution in [3.63, 3.8) is 0 Å². The van der Waals surface area contributed by atoms with Crippen molar-refractivity contribution < 1.29 is 29.0 Å². The summed E-state index contributed by atoms with van der Waals surface area (Å²) in [7, 11) is 4.50. The third-order valence-electron chi connectivity index (χ3n) is 1.95. The fourth-order valence-electron chi connectivity index (χ4n) is 1.29. The molecule has 0 amide bonds. The van der Waals surface area contributed by atoms with Crippen molar-refractivity contribution in [1.82, 2.24) is 4.90 Å². The molecule has 7 nitrogen and oxygen atoms in total. The first kappa shape index (κ1) is 13.0. The van der Waals surface area contributed by atoms with Gasteiger partial charge in [-0.1, -0.05) is 0 Å². The predicted molar refractivity (Wildman–Crippen MR) is 56.8 cm³/mol. The highest BCUT2D eigenvalue weighted by molar-refractivity contribution is 6.01. The van der Waals surface area contributed by atoms with Crippen LogP contribution in [-0.4, -0.2) is 54.6 Å². The smallest absolute Gasteiger partial charge is 0.375 e. The Morgan fingerprint density at radius 3 is 2.29 bits per heavy atom. The van der Waals surface area contributed by atoms with Crippen LogP contribution in [0.3, 0.4) is 0 Å². The van der Waals surface area contributed by atoms with Gasteiger partial charge in [0.25, 0.3) is 5.76 Å². The normalized spacial score (nSPS) is 10.6. The van der Waals surface area contributed by atoms with Gasteiger partial charge in [-0.25, -0.2) is 4.79 Å². The highest BCUT2D eigenvalue weighted by Crippen LogP contribution is 2.37. The van der Waals surface area contributed by atoms with Crippen molar-refractivity contribution in [1.29, 1.82) is 0 Å². The van der Waals surface area contributed by atoms with Crippen LogP contribution in [-0.2, 0) is 0 Å². The molecule has 1 heterocycles. The molecule has 0 radical (unpaired) electrons. The zero-order valence-corrected chi connectivity index (χ0v) is 9.68. The van der Waals surface area contributed by atoms with E-state index < -0.39 is 29.0 Å². The maximum atomic E-state index is 11.6. The van der Waals surface area contributed by atoms with Crippen LogP contribution in [0, 0.1) is 0 Å². The van der Waals surface area contributed by atoms with E-state index in [0.29, 0.717) is 0 Å². The summed E-state index contributed by atoms with van der Waals surface area (Å²) in [4.78, 5) is 24.0. The molecule has 1 aromatic heterocycles. The van der Waals surface area contributed by atoms with E-state index in [9.17, 15) is 14.7 Å². The Bertz CT molecular complexity index is 448. The minimum Gasteiger partial charge on any atom is -0.501 e. The highest BCUT2D eigenvalue weighted by Gasteiger charge is 2.29. The average Bonchev–Trinajstić information content (AvgIpc) is 2.54. The van der Waals surface area contributed by atoms with Gasteiger partial charge < -0.3 is 24.3 Å². The zero-order valence-electron chi connectivity index (χ0n) is 9.68. The SMILES string of the molecule is COc1c(C(=O)O)oc(C(=O)CN(C)C)c1O. The topological polar surface area (TPSA) is 100 Å². The van der Waals surface area contributed by atoms with Crippen molar-refractivity contribution in [3.05, 3.63) is 11.5 Å². The molecular formula is C10H13NO6. The average molecular weight is 243 g/mol.